The smallest absolute Gasteiger partial charge is 0.250 e. The molecule has 1 aromatic carbocycles. The van der Waals surface area contributed by atoms with Crippen LogP contribution >= 0.6 is 11.3 Å². The summed E-state index contributed by atoms with van der Waals surface area (Å²) in [5, 5.41) is 0.988. The fraction of sp³-hybridized carbons (Fsp3) is 0.278. The van der Waals surface area contributed by atoms with Gasteiger partial charge in [-0.2, -0.15) is 0 Å². The van der Waals surface area contributed by atoms with Crippen LogP contribution in [-0.2, 0) is 11.3 Å². The number of para-hydroxylation sites is 1. The van der Waals surface area contributed by atoms with Gasteiger partial charge in [0.1, 0.15) is 11.6 Å². The average Bonchev–Trinajstić information content (AvgIpc) is 3.23. The summed E-state index contributed by atoms with van der Waals surface area (Å²) in [5.74, 6) is -0.0231. The summed E-state index contributed by atoms with van der Waals surface area (Å²) in [6, 6.07) is 13.0. The highest BCUT2D eigenvalue weighted by molar-refractivity contribution is 7.18. The Morgan fingerprint density at radius 1 is 1.21 bits per heavy atom. The van der Waals surface area contributed by atoms with Gasteiger partial charge in [-0.15, -0.1) is 11.3 Å². The van der Waals surface area contributed by atoms with Gasteiger partial charge in [-0.05, 0) is 31.0 Å². The molecule has 3 heterocycles. The van der Waals surface area contributed by atoms with Crippen molar-refractivity contribution < 1.29 is 4.79 Å². The second kappa shape index (κ2) is 6.20. The van der Waals surface area contributed by atoms with Crippen molar-refractivity contribution in [3.8, 4) is 0 Å². The number of carbonyl (C=O) groups excluding carboxylic acids is 1. The van der Waals surface area contributed by atoms with E-state index in [1.54, 1.807) is 29.7 Å². The zero-order valence-corrected chi connectivity index (χ0v) is 13.9. The third-order valence-corrected chi connectivity index (χ3v) is 5.51. The maximum Gasteiger partial charge on any atom is 0.250 e. The molecule has 0 aliphatic carbocycles. The summed E-state index contributed by atoms with van der Waals surface area (Å²) >= 11 is 1.65. The van der Waals surface area contributed by atoms with Crippen LogP contribution in [0.3, 0.4) is 0 Å². The van der Waals surface area contributed by atoms with Crippen molar-refractivity contribution in [3.63, 3.8) is 0 Å². The van der Waals surface area contributed by atoms with Crippen molar-refractivity contribution in [3.05, 3.63) is 64.0 Å². The van der Waals surface area contributed by atoms with Gasteiger partial charge >= 0.3 is 0 Å². The van der Waals surface area contributed by atoms with Gasteiger partial charge in [-0.1, -0.05) is 18.2 Å². The fourth-order valence-electron chi connectivity index (χ4n) is 3.18. The second-order valence-electron chi connectivity index (χ2n) is 5.93. The molecule has 2 aromatic heterocycles. The third kappa shape index (κ3) is 2.73. The molecule has 6 heteroatoms. The summed E-state index contributed by atoms with van der Waals surface area (Å²) in [6.07, 6.45) is 3.55. The third-order valence-electron chi connectivity index (χ3n) is 4.37. The number of aromatic nitrogens is 2. The van der Waals surface area contributed by atoms with E-state index in [9.17, 15) is 9.59 Å². The number of fused-ring (bicyclic) bond motifs is 1. The number of hydrogen-bond acceptors (Lipinski definition) is 4. The molecule has 1 atom stereocenters. The summed E-state index contributed by atoms with van der Waals surface area (Å²) in [4.78, 5) is 31.1. The lowest BCUT2D eigenvalue weighted by atomic mass is 10.2. The topological polar surface area (TPSA) is 55.2 Å². The highest BCUT2D eigenvalue weighted by atomic mass is 32.1. The van der Waals surface area contributed by atoms with E-state index in [0.29, 0.717) is 0 Å². The number of carbonyl (C=O) groups is 1. The molecule has 0 spiro atoms. The van der Waals surface area contributed by atoms with Crippen molar-refractivity contribution in [2.24, 2.45) is 0 Å². The molecule has 1 saturated heterocycles. The first-order chi connectivity index (χ1) is 11.7. The van der Waals surface area contributed by atoms with Crippen LogP contribution in [0.5, 0.6) is 0 Å². The van der Waals surface area contributed by atoms with Crippen molar-refractivity contribution in [1.82, 2.24) is 14.5 Å². The molecule has 0 bridgehead atoms. The molecule has 1 amide bonds. The quantitative estimate of drug-likeness (QED) is 0.737. The van der Waals surface area contributed by atoms with Crippen molar-refractivity contribution in [2.45, 2.75) is 25.4 Å². The van der Waals surface area contributed by atoms with Gasteiger partial charge < -0.3 is 9.47 Å². The molecule has 0 saturated carbocycles. The summed E-state index contributed by atoms with van der Waals surface area (Å²) in [5.41, 5.74) is 0.831. The molecule has 3 aromatic rings. The van der Waals surface area contributed by atoms with E-state index in [-0.39, 0.29) is 24.1 Å². The molecule has 0 N–H and O–H groups in total. The molecule has 1 aliphatic heterocycles. The van der Waals surface area contributed by atoms with Crippen LogP contribution in [0.4, 0.5) is 0 Å². The van der Waals surface area contributed by atoms with E-state index in [4.69, 9.17) is 4.98 Å². The van der Waals surface area contributed by atoms with Crippen LogP contribution in [0.1, 0.15) is 23.9 Å². The van der Waals surface area contributed by atoms with Crippen molar-refractivity contribution >= 4 is 27.5 Å². The SMILES string of the molecule is O=C(Cn1ccccc1=O)N1CCCC1c1nc2ccccc2s1. The first-order valence-corrected chi connectivity index (χ1v) is 8.84. The molecule has 24 heavy (non-hydrogen) atoms. The number of likely N-dealkylation sites (tertiary alicyclic amines) is 1. The summed E-state index contributed by atoms with van der Waals surface area (Å²) < 4.78 is 2.60. The van der Waals surface area contributed by atoms with Crippen LogP contribution in [0.25, 0.3) is 10.2 Å². The maximum atomic E-state index is 12.7. The first kappa shape index (κ1) is 15.1. The Kier molecular flexibility index (Phi) is 3.90. The standard InChI is InChI=1S/C18H17N3O2S/c22-16-9-3-4-10-20(16)12-17(23)21-11-5-7-14(21)18-19-13-6-1-2-8-15(13)24-18/h1-4,6,8-10,14H,5,7,11-12H2. The minimum absolute atomic E-state index is 0.0225. The lowest BCUT2D eigenvalue weighted by Crippen LogP contribution is -2.35. The highest BCUT2D eigenvalue weighted by Gasteiger charge is 2.32. The van der Waals surface area contributed by atoms with Crippen molar-refractivity contribution in [1.29, 1.82) is 0 Å². The Balaban J connectivity index is 1.59. The molecular formula is C18H17N3O2S. The Morgan fingerprint density at radius 3 is 2.88 bits per heavy atom. The summed E-state index contributed by atoms with van der Waals surface area (Å²) in [7, 11) is 0. The van der Waals surface area contributed by atoms with Crippen molar-refractivity contribution in [2.75, 3.05) is 6.54 Å². The lowest BCUT2D eigenvalue weighted by molar-refractivity contribution is -0.132. The highest BCUT2D eigenvalue weighted by Crippen LogP contribution is 2.36. The number of rotatable bonds is 3. The normalized spacial score (nSPS) is 17.5. The van der Waals surface area contributed by atoms with Crippen LogP contribution < -0.4 is 5.56 Å². The Labute approximate surface area is 143 Å². The molecule has 5 nitrogen and oxygen atoms in total. The Morgan fingerprint density at radius 2 is 2.04 bits per heavy atom. The van der Waals surface area contributed by atoms with Gasteiger partial charge in [-0.25, -0.2) is 4.98 Å². The number of amides is 1. The molecule has 1 aliphatic rings. The van der Waals surface area contributed by atoms with E-state index in [0.717, 1.165) is 34.6 Å². The van der Waals surface area contributed by atoms with E-state index < -0.39 is 0 Å². The molecule has 1 unspecified atom stereocenters. The van der Waals surface area contributed by atoms with Gasteiger partial charge in [0.05, 0.1) is 16.3 Å². The maximum absolute atomic E-state index is 12.7. The number of benzene rings is 1. The zero-order chi connectivity index (χ0) is 16.5. The monoisotopic (exact) mass is 339 g/mol. The zero-order valence-electron chi connectivity index (χ0n) is 13.1. The number of nitrogens with zero attached hydrogens (tertiary/aromatic N) is 3. The number of thiazole rings is 1. The van der Waals surface area contributed by atoms with Gasteiger partial charge in [0.2, 0.25) is 5.91 Å². The number of pyridine rings is 1. The van der Waals surface area contributed by atoms with E-state index in [1.165, 1.54) is 10.6 Å². The molecule has 0 radical (unpaired) electrons. The van der Waals surface area contributed by atoms with Crippen LogP contribution in [0.15, 0.2) is 53.5 Å². The predicted octanol–water partition coefficient (Wildman–Crippen LogP) is 2.82. The van der Waals surface area contributed by atoms with Gasteiger partial charge in [0.15, 0.2) is 0 Å². The minimum atomic E-state index is -0.151. The van der Waals surface area contributed by atoms with Gasteiger partial charge in [0.25, 0.3) is 5.56 Å². The van der Waals surface area contributed by atoms with E-state index >= 15 is 0 Å². The van der Waals surface area contributed by atoms with E-state index in [2.05, 4.69) is 6.07 Å². The second-order valence-corrected chi connectivity index (χ2v) is 6.99. The van der Waals surface area contributed by atoms with Crippen LogP contribution in [-0.4, -0.2) is 26.9 Å². The fourth-order valence-corrected chi connectivity index (χ4v) is 4.30. The molecule has 1 fully saturated rings. The molecule has 122 valence electrons. The predicted molar refractivity (Wildman–Crippen MR) is 94.0 cm³/mol. The van der Waals surface area contributed by atoms with Gasteiger partial charge in [0, 0.05) is 18.8 Å². The van der Waals surface area contributed by atoms with Crippen LogP contribution in [0.2, 0.25) is 0 Å². The molecular weight excluding hydrogens is 322 g/mol. The minimum Gasteiger partial charge on any atom is -0.332 e. The Hall–Kier alpha value is -2.47. The van der Waals surface area contributed by atoms with Gasteiger partial charge in [-0.3, -0.25) is 9.59 Å². The lowest BCUT2D eigenvalue weighted by Gasteiger charge is -2.23. The molecule has 4 rings (SSSR count). The largest absolute Gasteiger partial charge is 0.332 e. The Bertz CT molecular complexity index is 913. The average molecular weight is 339 g/mol. The summed E-state index contributed by atoms with van der Waals surface area (Å²) in [6.45, 7) is 0.808. The first-order valence-electron chi connectivity index (χ1n) is 8.03. The van der Waals surface area contributed by atoms with E-state index in [1.807, 2.05) is 23.1 Å². The van der Waals surface area contributed by atoms with Crippen LogP contribution in [0, 0.1) is 0 Å². The number of hydrogen-bond donors (Lipinski definition) is 0.